The summed E-state index contributed by atoms with van der Waals surface area (Å²) in [5, 5.41) is 3.31. The van der Waals surface area contributed by atoms with Gasteiger partial charge in [-0.25, -0.2) is 0 Å². The third-order valence-corrected chi connectivity index (χ3v) is 4.71. The molecule has 2 amide bonds. The fourth-order valence-corrected chi connectivity index (χ4v) is 3.14. The number of carbonyl (C=O) groups is 2. The van der Waals surface area contributed by atoms with E-state index in [-0.39, 0.29) is 17.5 Å². The van der Waals surface area contributed by atoms with Gasteiger partial charge in [0.05, 0.1) is 0 Å². The van der Waals surface area contributed by atoms with Crippen LogP contribution in [0, 0.1) is 0 Å². The molecule has 0 aromatic heterocycles. The largest absolute Gasteiger partial charge is 0.337 e. The molecule has 0 spiro atoms. The van der Waals surface area contributed by atoms with Crippen LogP contribution in [0.3, 0.4) is 0 Å². The first kappa shape index (κ1) is 18.2. The van der Waals surface area contributed by atoms with E-state index in [0.29, 0.717) is 29.2 Å². The molecular formula is C21H21ClN2O2. The van der Waals surface area contributed by atoms with Gasteiger partial charge in [-0.2, -0.15) is 0 Å². The van der Waals surface area contributed by atoms with E-state index in [1.807, 2.05) is 24.3 Å². The number of hydrogen-bond acceptors (Lipinski definition) is 2. The lowest BCUT2D eigenvalue weighted by atomic mass is 10.1. The van der Waals surface area contributed by atoms with E-state index >= 15 is 0 Å². The predicted molar refractivity (Wildman–Crippen MR) is 104 cm³/mol. The van der Waals surface area contributed by atoms with Crippen LogP contribution in [0.15, 0.2) is 60.3 Å². The Balaban J connectivity index is 1.89. The molecule has 0 bridgehead atoms. The molecule has 2 aromatic rings. The van der Waals surface area contributed by atoms with Crippen molar-refractivity contribution in [1.82, 2.24) is 10.2 Å². The van der Waals surface area contributed by atoms with Crippen LogP contribution in [0.2, 0.25) is 5.02 Å². The maximum Gasteiger partial charge on any atom is 0.270 e. The molecular weight excluding hydrogens is 348 g/mol. The number of halogens is 1. The molecule has 0 atom stereocenters. The molecule has 0 radical (unpaired) electrons. The van der Waals surface area contributed by atoms with E-state index in [0.717, 1.165) is 19.3 Å². The highest BCUT2D eigenvalue weighted by molar-refractivity contribution is 6.32. The minimum Gasteiger partial charge on any atom is -0.337 e. The Labute approximate surface area is 158 Å². The maximum absolute atomic E-state index is 13.0. The zero-order chi connectivity index (χ0) is 18.4. The zero-order valence-corrected chi connectivity index (χ0v) is 15.2. The monoisotopic (exact) mass is 368 g/mol. The third-order valence-electron chi connectivity index (χ3n) is 4.36. The van der Waals surface area contributed by atoms with Crippen LogP contribution in [0.1, 0.15) is 35.2 Å². The van der Waals surface area contributed by atoms with Gasteiger partial charge in [-0.3, -0.25) is 9.59 Å². The van der Waals surface area contributed by atoms with Gasteiger partial charge < -0.3 is 10.2 Å². The number of rotatable bonds is 4. The van der Waals surface area contributed by atoms with Crippen molar-refractivity contribution in [2.75, 3.05) is 13.1 Å². The van der Waals surface area contributed by atoms with Crippen molar-refractivity contribution in [2.45, 2.75) is 19.3 Å². The highest BCUT2D eigenvalue weighted by atomic mass is 35.5. The molecule has 3 rings (SSSR count). The van der Waals surface area contributed by atoms with Gasteiger partial charge in [0.2, 0.25) is 0 Å². The topological polar surface area (TPSA) is 49.4 Å². The third kappa shape index (κ3) is 4.52. The number of benzene rings is 2. The Morgan fingerprint density at radius 1 is 0.923 bits per heavy atom. The molecule has 1 aliphatic rings. The zero-order valence-electron chi connectivity index (χ0n) is 14.5. The van der Waals surface area contributed by atoms with E-state index in [9.17, 15) is 9.59 Å². The number of hydrogen-bond donors (Lipinski definition) is 1. The second kappa shape index (κ2) is 8.68. The highest BCUT2D eigenvalue weighted by Crippen LogP contribution is 2.19. The standard InChI is InChI=1S/C21H21ClN2O2/c22-18-12-6-5-11-17(18)15-19(21(26)24-13-7-2-8-14-24)23-20(25)16-9-3-1-4-10-16/h1,3-6,9-12,15H,2,7-8,13-14H2,(H,23,25)/b19-15+. The average molecular weight is 369 g/mol. The fraction of sp³-hybridized carbons (Fsp3) is 0.238. The molecule has 1 saturated heterocycles. The van der Waals surface area contributed by atoms with E-state index in [1.165, 1.54) is 0 Å². The van der Waals surface area contributed by atoms with Crippen LogP contribution in [0.5, 0.6) is 0 Å². The Kier molecular flexibility index (Phi) is 6.08. The summed E-state index contributed by atoms with van der Waals surface area (Å²) >= 11 is 6.23. The van der Waals surface area contributed by atoms with Crippen LogP contribution in [-0.4, -0.2) is 29.8 Å². The van der Waals surface area contributed by atoms with Crippen LogP contribution in [0.25, 0.3) is 6.08 Å². The minimum absolute atomic E-state index is 0.172. The summed E-state index contributed by atoms with van der Waals surface area (Å²) in [5.74, 6) is -0.483. The Morgan fingerprint density at radius 2 is 1.58 bits per heavy atom. The lowest BCUT2D eigenvalue weighted by Gasteiger charge is -2.27. The summed E-state index contributed by atoms with van der Waals surface area (Å²) in [6.07, 6.45) is 4.75. The first-order chi connectivity index (χ1) is 12.6. The summed E-state index contributed by atoms with van der Waals surface area (Å²) in [4.78, 5) is 27.3. The van der Waals surface area contributed by atoms with Gasteiger partial charge in [-0.1, -0.05) is 48.0 Å². The summed E-state index contributed by atoms with van der Waals surface area (Å²) in [5.41, 5.74) is 1.45. The van der Waals surface area contributed by atoms with Crippen molar-refractivity contribution in [2.24, 2.45) is 0 Å². The number of nitrogens with one attached hydrogen (secondary N) is 1. The van der Waals surface area contributed by atoms with Crippen LogP contribution < -0.4 is 5.32 Å². The summed E-state index contributed by atoms with van der Waals surface area (Å²) in [6, 6.07) is 16.1. The van der Waals surface area contributed by atoms with Crippen molar-refractivity contribution in [1.29, 1.82) is 0 Å². The van der Waals surface area contributed by atoms with Crippen molar-refractivity contribution >= 4 is 29.5 Å². The average Bonchev–Trinajstić information content (AvgIpc) is 2.70. The first-order valence-electron chi connectivity index (χ1n) is 8.77. The summed E-state index contributed by atoms with van der Waals surface area (Å²) < 4.78 is 0. The predicted octanol–water partition coefficient (Wildman–Crippen LogP) is 4.12. The molecule has 1 fully saturated rings. The van der Waals surface area contributed by atoms with E-state index in [1.54, 1.807) is 41.3 Å². The normalized spacial score (nSPS) is 14.8. The first-order valence-corrected chi connectivity index (χ1v) is 9.15. The quantitative estimate of drug-likeness (QED) is 0.825. The highest BCUT2D eigenvalue weighted by Gasteiger charge is 2.22. The van der Waals surface area contributed by atoms with Crippen molar-refractivity contribution in [3.63, 3.8) is 0 Å². The van der Waals surface area contributed by atoms with Crippen molar-refractivity contribution in [3.05, 3.63) is 76.4 Å². The second-order valence-electron chi connectivity index (χ2n) is 6.25. The molecule has 0 saturated carbocycles. The van der Waals surface area contributed by atoms with Gasteiger partial charge >= 0.3 is 0 Å². The fourth-order valence-electron chi connectivity index (χ4n) is 2.95. The smallest absolute Gasteiger partial charge is 0.270 e. The van der Waals surface area contributed by atoms with E-state index < -0.39 is 0 Å². The lowest BCUT2D eigenvalue weighted by molar-refractivity contribution is -0.128. The van der Waals surface area contributed by atoms with E-state index in [4.69, 9.17) is 11.6 Å². The molecule has 134 valence electrons. The number of likely N-dealkylation sites (tertiary alicyclic amines) is 1. The maximum atomic E-state index is 13.0. The number of amides is 2. The van der Waals surface area contributed by atoms with Gasteiger partial charge in [0.1, 0.15) is 5.70 Å². The molecule has 1 N–H and O–H groups in total. The van der Waals surface area contributed by atoms with Gasteiger partial charge in [-0.05, 0) is 49.1 Å². The van der Waals surface area contributed by atoms with Crippen molar-refractivity contribution in [3.8, 4) is 0 Å². The molecule has 4 nitrogen and oxygen atoms in total. The summed E-state index contributed by atoms with van der Waals surface area (Å²) in [7, 11) is 0. The SMILES string of the molecule is O=C(N/C(=C/c1ccccc1Cl)C(=O)N1CCCCC1)c1ccccc1. The molecule has 1 aliphatic heterocycles. The lowest BCUT2D eigenvalue weighted by Crippen LogP contribution is -2.41. The van der Waals surface area contributed by atoms with Gasteiger partial charge in [-0.15, -0.1) is 0 Å². The molecule has 2 aromatic carbocycles. The minimum atomic E-state index is -0.311. The van der Waals surface area contributed by atoms with Crippen LogP contribution in [0.4, 0.5) is 0 Å². The van der Waals surface area contributed by atoms with Crippen molar-refractivity contribution < 1.29 is 9.59 Å². The number of nitrogens with zero attached hydrogens (tertiary/aromatic N) is 1. The van der Waals surface area contributed by atoms with Crippen LogP contribution in [-0.2, 0) is 4.79 Å². The van der Waals surface area contributed by atoms with Gasteiger partial charge in [0.15, 0.2) is 0 Å². The Hall–Kier alpha value is -2.59. The number of carbonyl (C=O) groups excluding carboxylic acids is 2. The van der Waals surface area contributed by atoms with Crippen LogP contribution >= 0.6 is 11.6 Å². The Bertz CT molecular complexity index is 812. The van der Waals surface area contributed by atoms with Gasteiger partial charge in [0, 0.05) is 23.7 Å². The van der Waals surface area contributed by atoms with Gasteiger partial charge in [0.25, 0.3) is 11.8 Å². The van der Waals surface area contributed by atoms with E-state index in [2.05, 4.69) is 5.32 Å². The molecule has 0 aliphatic carbocycles. The molecule has 1 heterocycles. The molecule has 0 unspecified atom stereocenters. The molecule has 5 heteroatoms. The second-order valence-corrected chi connectivity index (χ2v) is 6.66. The summed E-state index contributed by atoms with van der Waals surface area (Å²) in [6.45, 7) is 1.42. The molecule has 26 heavy (non-hydrogen) atoms. The number of piperidine rings is 1. The Morgan fingerprint density at radius 3 is 2.27 bits per heavy atom.